The van der Waals surface area contributed by atoms with Crippen molar-refractivity contribution in [3.8, 4) is 17.2 Å². The monoisotopic (exact) mass is 389 g/mol. The largest absolute Gasteiger partial charge is 0.493 e. The molecule has 0 bridgehead atoms. The SMILES string of the molecule is COc1cc(Cc2cnc(N)nc2NC(=O)C(N)C(C)C)cc(OC)c1OC. The Balaban J connectivity index is 2.38. The highest BCUT2D eigenvalue weighted by Gasteiger charge is 2.20. The summed E-state index contributed by atoms with van der Waals surface area (Å²) in [5.41, 5.74) is 13.2. The maximum atomic E-state index is 12.4. The lowest BCUT2D eigenvalue weighted by atomic mass is 10.0. The Hall–Kier alpha value is -3.07. The molecular formula is C19H27N5O4. The van der Waals surface area contributed by atoms with Crippen LogP contribution in [0.5, 0.6) is 17.2 Å². The van der Waals surface area contributed by atoms with Crippen molar-refractivity contribution in [2.45, 2.75) is 26.3 Å². The number of nitrogens with two attached hydrogens (primary N) is 2. The quantitative estimate of drug-likeness (QED) is 0.619. The number of aromatic nitrogens is 2. The van der Waals surface area contributed by atoms with Crippen molar-refractivity contribution in [1.29, 1.82) is 0 Å². The number of benzene rings is 1. The van der Waals surface area contributed by atoms with Crippen LogP contribution in [0, 0.1) is 5.92 Å². The standard InChI is InChI=1S/C19H27N5O4/c1-10(2)15(20)18(25)23-17-12(9-22-19(21)24-17)6-11-7-13(26-3)16(28-5)14(8-11)27-4/h7-10,15H,6,20H2,1-5H3,(H3,21,22,23,24,25). The molecule has 0 saturated carbocycles. The Kier molecular flexibility index (Phi) is 7.00. The number of nitrogens with zero attached hydrogens (tertiary/aromatic N) is 2. The van der Waals surface area contributed by atoms with Gasteiger partial charge in [-0.25, -0.2) is 4.98 Å². The van der Waals surface area contributed by atoms with E-state index < -0.39 is 6.04 Å². The Morgan fingerprint density at radius 2 is 1.75 bits per heavy atom. The number of nitrogen functional groups attached to an aromatic ring is 1. The third-order valence-electron chi connectivity index (χ3n) is 4.26. The molecule has 0 fully saturated rings. The predicted molar refractivity (Wildman–Crippen MR) is 107 cm³/mol. The van der Waals surface area contributed by atoms with E-state index in [1.165, 1.54) is 0 Å². The second kappa shape index (κ2) is 9.23. The molecule has 2 rings (SSSR count). The summed E-state index contributed by atoms with van der Waals surface area (Å²) in [6, 6.07) is 2.98. The van der Waals surface area contributed by atoms with Crippen LogP contribution in [-0.2, 0) is 11.2 Å². The number of amides is 1. The fraction of sp³-hybridized carbons (Fsp3) is 0.421. The van der Waals surface area contributed by atoms with E-state index in [0.29, 0.717) is 35.1 Å². The van der Waals surface area contributed by atoms with Crippen LogP contribution in [0.4, 0.5) is 11.8 Å². The smallest absolute Gasteiger partial charge is 0.242 e. The maximum absolute atomic E-state index is 12.4. The first-order chi connectivity index (χ1) is 13.3. The molecule has 1 heterocycles. The van der Waals surface area contributed by atoms with E-state index in [9.17, 15) is 4.79 Å². The molecule has 9 heteroatoms. The minimum atomic E-state index is -0.662. The first kappa shape index (κ1) is 21.2. The van der Waals surface area contributed by atoms with Crippen LogP contribution in [-0.4, -0.2) is 43.2 Å². The number of carbonyl (C=O) groups is 1. The molecule has 9 nitrogen and oxygen atoms in total. The van der Waals surface area contributed by atoms with Crippen molar-refractivity contribution in [1.82, 2.24) is 9.97 Å². The summed E-state index contributed by atoms with van der Waals surface area (Å²) in [6.45, 7) is 3.74. The number of rotatable bonds is 8. The van der Waals surface area contributed by atoms with Gasteiger partial charge in [-0.2, -0.15) is 4.98 Å². The summed E-state index contributed by atoms with van der Waals surface area (Å²) in [5.74, 6) is 1.58. The number of carbonyl (C=O) groups excluding carboxylic acids is 1. The molecular weight excluding hydrogens is 362 g/mol. The van der Waals surface area contributed by atoms with E-state index in [-0.39, 0.29) is 17.8 Å². The van der Waals surface area contributed by atoms with Gasteiger partial charge in [-0.05, 0) is 23.6 Å². The minimum absolute atomic E-state index is 0.0160. The molecule has 0 aliphatic rings. The van der Waals surface area contributed by atoms with Crippen molar-refractivity contribution >= 4 is 17.7 Å². The van der Waals surface area contributed by atoms with E-state index in [1.807, 2.05) is 26.0 Å². The van der Waals surface area contributed by atoms with Gasteiger partial charge < -0.3 is 31.0 Å². The summed E-state index contributed by atoms with van der Waals surface area (Å²) in [4.78, 5) is 20.6. The van der Waals surface area contributed by atoms with Crippen molar-refractivity contribution in [3.05, 3.63) is 29.5 Å². The summed E-state index contributed by atoms with van der Waals surface area (Å²) in [5, 5.41) is 2.75. The lowest BCUT2D eigenvalue weighted by molar-refractivity contribution is -0.118. The van der Waals surface area contributed by atoms with Crippen molar-refractivity contribution in [2.24, 2.45) is 11.7 Å². The van der Waals surface area contributed by atoms with Crippen LogP contribution in [0.2, 0.25) is 0 Å². The maximum Gasteiger partial charge on any atom is 0.242 e. The lowest BCUT2D eigenvalue weighted by Crippen LogP contribution is -2.40. The molecule has 1 amide bonds. The van der Waals surface area contributed by atoms with Gasteiger partial charge in [-0.1, -0.05) is 13.8 Å². The first-order valence-electron chi connectivity index (χ1n) is 8.77. The van der Waals surface area contributed by atoms with Gasteiger partial charge in [0.15, 0.2) is 11.5 Å². The zero-order valence-corrected chi connectivity index (χ0v) is 16.8. The molecule has 0 saturated heterocycles. The summed E-state index contributed by atoms with van der Waals surface area (Å²) < 4.78 is 16.1. The van der Waals surface area contributed by atoms with Gasteiger partial charge in [0.2, 0.25) is 17.6 Å². The average Bonchev–Trinajstić information content (AvgIpc) is 2.68. The normalized spacial score (nSPS) is 11.8. The van der Waals surface area contributed by atoms with Gasteiger partial charge in [-0.15, -0.1) is 0 Å². The minimum Gasteiger partial charge on any atom is -0.493 e. The zero-order valence-electron chi connectivity index (χ0n) is 16.8. The molecule has 1 unspecified atom stereocenters. The van der Waals surface area contributed by atoms with Gasteiger partial charge in [-0.3, -0.25) is 4.79 Å². The van der Waals surface area contributed by atoms with Gasteiger partial charge in [0, 0.05) is 18.2 Å². The molecule has 1 atom stereocenters. The van der Waals surface area contributed by atoms with Gasteiger partial charge in [0.25, 0.3) is 0 Å². The number of ether oxygens (including phenoxy) is 3. The number of hydrogen-bond acceptors (Lipinski definition) is 8. The fourth-order valence-electron chi connectivity index (χ4n) is 2.62. The van der Waals surface area contributed by atoms with Crippen molar-refractivity contribution < 1.29 is 19.0 Å². The van der Waals surface area contributed by atoms with E-state index >= 15 is 0 Å². The highest BCUT2D eigenvalue weighted by Crippen LogP contribution is 2.39. The van der Waals surface area contributed by atoms with Crippen LogP contribution in [0.1, 0.15) is 25.0 Å². The lowest BCUT2D eigenvalue weighted by Gasteiger charge is -2.17. The second-order valence-corrected chi connectivity index (χ2v) is 6.57. The Morgan fingerprint density at radius 1 is 1.14 bits per heavy atom. The zero-order chi connectivity index (χ0) is 20.8. The molecule has 0 aliphatic heterocycles. The Bertz CT molecular complexity index is 816. The fourth-order valence-corrected chi connectivity index (χ4v) is 2.62. The number of nitrogens with one attached hydrogen (secondary N) is 1. The van der Waals surface area contributed by atoms with Gasteiger partial charge >= 0.3 is 0 Å². The molecule has 0 radical (unpaired) electrons. The molecule has 28 heavy (non-hydrogen) atoms. The molecule has 152 valence electrons. The van der Waals surface area contributed by atoms with Crippen LogP contribution in [0.15, 0.2) is 18.3 Å². The Morgan fingerprint density at radius 3 is 2.25 bits per heavy atom. The molecule has 1 aromatic heterocycles. The van der Waals surface area contributed by atoms with E-state index in [2.05, 4.69) is 15.3 Å². The predicted octanol–water partition coefficient (Wildman–Crippen LogP) is 1.60. The topological polar surface area (TPSA) is 135 Å². The molecule has 0 spiro atoms. The van der Waals surface area contributed by atoms with Crippen molar-refractivity contribution in [3.63, 3.8) is 0 Å². The highest BCUT2D eigenvalue weighted by molar-refractivity contribution is 5.94. The molecule has 5 N–H and O–H groups in total. The van der Waals surface area contributed by atoms with Gasteiger partial charge in [0.1, 0.15) is 5.82 Å². The Labute approximate surface area is 164 Å². The summed E-state index contributed by atoms with van der Waals surface area (Å²) in [6.07, 6.45) is 1.98. The average molecular weight is 389 g/mol. The number of anilines is 2. The van der Waals surface area contributed by atoms with E-state index in [4.69, 9.17) is 25.7 Å². The second-order valence-electron chi connectivity index (χ2n) is 6.57. The summed E-state index contributed by atoms with van der Waals surface area (Å²) in [7, 11) is 4.64. The molecule has 1 aromatic carbocycles. The third kappa shape index (κ3) is 4.80. The van der Waals surface area contributed by atoms with Crippen LogP contribution >= 0.6 is 0 Å². The van der Waals surface area contributed by atoms with Crippen molar-refractivity contribution in [2.75, 3.05) is 32.4 Å². The highest BCUT2D eigenvalue weighted by atomic mass is 16.5. The van der Waals surface area contributed by atoms with Crippen LogP contribution in [0.25, 0.3) is 0 Å². The molecule has 0 aliphatic carbocycles. The number of methoxy groups -OCH3 is 3. The van der Waals surface area contributed by atoms with E-state index in [0.717, 1.165) is 5.56 Å². The molecule has 2 aromatic rings. The first-order valence-corrected chi connectivity index (χ1v) is 8.77. The third-order valence-corrected chi connectivity index (χ3v) is 4.26. The van der Waals surface area contributed by atoms with Crippen LogP contribution < -0.4 is 31.0 Å². The number of hydrogen-bond donors (Lipinski definition) is 3. The summed E-state index contributed by atoms with van der Waals surface area (Å²) >= 11 is 0. The van der Waals surface area contributed by atoms with Crippen LogP contribution in [0.3, 0.4) is 0 Å². The van der Waals surface area contributed by atoms with Gasteiger partial charge in [0.05, 0.1) is 27.4 Å². The van der Waals surface area contributed by atoms with E-state index in [1.54, 1.807) is 27.5 Å².